The predicted molar refractivity (Wildman–Crippen MR) is 79.8 cm³/mol. The zero-order chi connectivity index (χ0) is 15.7. The SMILES string of the molecule is CC(C)CC(CN(C)C)NC(=O)NC(C)CCC(=O)O. The van der Waals surface area contributed by atoms with Gasteiger partial charge in [-0.2, -0.15) is 0 Å². The number of carbonyl (C=O) groups excluding carboxylic acids is 1. The minimum Gasteiger partial charge on any atom is -0.481 e. The van der Waals surface area contributed by atoms with E-state index in [0.717, 1.165) is 13.0 Å². The largest absolute Gasteiger partial charge is 0.481 e. The van der Waals surface area contributed by atoms with Gasteiger partial charge in [0, 0.05) is 25.0 Å². The van der Waals surface area contributed by atoms with Crippen LogP contribution in [0.25, 0.3) is 0 Å². The number of hydrogen-bond acceptors (Lipinski definition) is 3. The van der Waals surface area contributed by atoms with E-state index in [9.17, 15) is 9.59 Å². The van der Waals surface area contributed by atoms with Crippen LogP contribution in [0.4, 0.5) is 4.79 Å². The Morgan fingerprint density at radius 3 is 2.20 bits per heavy atom. The Labute approximate surface area is 121 Å². The zero-order valence-electron chi connectivity index (χ0n) is 13.3. The summed E-state index contributed by atoms with van der Waals surface area (Å²) in [4.78, 5) is 24.4. The first kappa shape index (κ1) is 18.7. The fourth-order valence-electron chi connectivity index (χ4n) is 2.05. The summed E-state index contributed by atoms with van der Waals surface area (Å²) in [6.45, 7) is 6.84. The molecular formula is C14H29N3O3. The quantitative estimate of drug-likeness (QED) is 0.600. The second-order valence-electron chi connectivity index (χ2n) is 6.04. The highest BCUT2D eigenvalue weighted by Crippen LogP contribution is 2.05. The van der Waals surface area contributed by atoms with E-state index in [1.807, 2.05) is 25.9 Å². The van der Waals surface area contributed by atoms with Crippen LogP contribution >= 0.6 is 0 Å². The van der Waals surface area contributed by atoms with Gasteiger partial charge in [0.05, 0.1) is 0 Å². The Morgan fingerprint density at radius 2 is 1.75 bits per heavy atom. The molecule has 118 valence electrons. The highest BCUT2D eigenvalue weighted by atomic mass is 16.4. The molecule has 2 amide bonds. The fraction of sp³-hybridized carbons (Fsp3) is 0.857. The highest BCUT2D eigenvalue weighted by molar-refractivity contribution is 5.74. The summed E-state index contributed by atoms with van der Waals surface area (Å²) in [6, 6.07) is -0.280. The third kappa shape index (κ3) is 10.6. The zero-order valence-corrected chi connectivity index (χ0v) is 13.3. The third-order valence-electron chi connectivity index (χ3n) is 2.85. The number of likely N-dealkylation sites (N-methyl/N-ethyl adjacent to an activating group) is 1. The van der Waals surface area contributed by atoms with Crippen molar-refractivity contribution in [3.05, 3.63) is 0 Å². The summed E-state index contributed by atoms with van der Waals surface area (Å²) in [5.74, 6) is -0.339. The van der Waals surface area contributed by atoms with Crippen molar-refractivity contribution in [2.24, 2.45) is 5.92 Å². The lowest BCUT2D eigenvalue weighted by Crippen LogP contribution is -2.49. The van der Waals surface area contributed by atoms with Gasteiger partial charge in [0.1, 0.15) is 0 Å². The Hall–Kier alpha value is -1.30. The maximum atomic E-state index is 11.9. The number of nitrogens with one attached hydrogen (secondary N) is 2. The summed E-state index contributed by atoms with van der Waals surface area (Å²) in [7, 11) is 3.95. The topological polar surface area (TPSA) is 81.7 Å². The number of carboxylic acid groups (broad SMARTS) is 1. The van der Waals surface area contributed by atoms with Gasteiger partial charge in [-0.3, -0.25) is 4.79 Å². The molecule has 0 radical (unpaired) electrons. The average molecular weight is 287 g/mol. The van der Waals surface area contributed by atoms with Crippen molar-refractivity contribution in [2.45, 2.75) is 52.1 Å². The van der Waals surface area contributed by atoms with Crippen LogP contribution in [0, 0.1) is 5.92 Å². The number of carbonyl (C=O) groups is 2. The number of nitrogens with zero attached hydrogens (tertiary/aromatic N) is 1. The van der Waals surface area contributed by atoms with Crippen LogP contribution in [-0.2, 0) is 4.79 Å². The van der Waals surface area contributed by atoms with E-state index >= 15 is 0 Å². The van der Waals surface area contributed by atoms with E-state index < -0.39 is 5.97 Å². The van der Waals surface area contributed by atoms with Gasteiger partial charge < -0.3 is 20.6 Å². The molecule has 6 nitrogen and oxygen atoms in total. The van der Waals surface area contributed by atoms with Gasteiger partial charge in [-0.05, 0) is 39.8 Å². The third-order valence-corrected chi connectivity index (χ3v) is 2.85. The van der Waals surface area contributed by atoms with Crippen LogP contribution < -0.4 is 10.6 Å². The number of amides is 2. The minimum absolute atomic E-state index is 0.0641. The van der Waals surface area contributed by atoms with Gasteiger partial charge in [0.2, 0.25) is 0 Å². The molecule has 0 bridgehead atoms. The molecule has 0 aliphatic rings. The van der Waals surface area contributed by atoms with E-state index in [0.29, 0.717) is 12.3 Å². The molecule has 0 spiro atoms. The van der Waals surface area contributed by atoms with E-state index in [1.54, 1.807) is 0 Å². The first-order valence-corrected chi connectivity index (χ1v) is 7.14. The molecule has 0 fully saturated rings. The van der Waals surface area contributed by atoms with Gasteiger partial charge in [0.25, 0.3) is 0 Å². The van der Waals surface area contributed by atoms with Gasteiger partial charge >= 0.3 is 12.0 Å². The first-order chi connectivity index (χ1) is 9.20. The number of aliphatic carboxylic acids is 1. The van der Waals surface area contributed by atoms with E-state index in [2.05, 4.69) is 24.5 Å². The van der Waals surface area contributed by atoms with Crippen molar-refractivity contribution in [3.8, 4) is 0 Å². The van der Waals surface area contributed by atoms with Crippen LogP contribution in [0.2, 0.25) is 0 Å². The molecule has 0 aliphatic heterocycles. The molecule has 0 aromatic rings. The summed E-state index contributed by atoms with van der Waals surface area (Å²) in [6.07, 6.45) is 1.41. The monoisotopic (exact) mass is 287 g/mol. The van der Waals surface area contributed by atoms with Crippen molar-refractivity contribution >= 4 is 12.0 Å². The molecule has 2 atom stereocenters. The highest BCUT2D eigenvalue weighted by Gasteiger charge is 2.16. The van der Waals surface area contributed by atoms with Crippen molar-refractivity contribution in [1.29, 1.82) is 0 Å². The van der Waals surface area contributed by atoms with Crippen LogP contribution in [0.3, 0.4) is 0 Å². The van der Waals surface area contributed by atoms with Crippen LogP contribution in [-0.4, -0.2) is 54.7 Å². The number of rotatable bonds is 9. The molecule has 0 aromatic carbocycles. The van der Waals surface area contributed by atoms with Crippen molar-refractivity contribution in [3.63, 3.8) is 0 Å². The second kappa shape index (κ2) is 9.58. The van der Waals surface area contributed by atoms with Gasteiger partial charge in [-0.25, -0.2) is 4.79 Å². The van der Waals surface area contributed by atoms with E-state index in [4.69, 9.17) is 5.11 Å². The smallest absolute Gasteiger partial charge is 0.315 e. The van der Waals surface area contributed by atoms with Crippen molar-refractivity contribution in [2.75, 3.05) is 20.6 Å². The summed E-state index contributed by atoms with van der Waals surface area (Å²) in [5.41, 5.74) is 0. The molecule has 3 N–H and O–H groups in total. The Balaban J connectivity index is 4.19. The number of carboxylic acids is 1. The number of hydrogen-bond donors (Lipinski definition) is 3. The summed E-state index contributed by atoms with van der Waals surface area (Å²) >= 11 is 0. The minimum atomic E-state index is -0.843. The lowest BCUT2D eigenvalue weighted by molar-refractivity contribution is -0.137. The van der Waals surface area contributed by atoms with Crippen LogP contribution in [0.1, 0.15) is 40.0 Å². The van der Waals surface area contributed by atoms with E-state index in [-0.39, 0.29) is 24.5 Å². The molecule has 2 unspecified atom stereocenters. The second-order valence-corrected chi connectivity index (χ2v) is 6.04. The molecule has 0 heterocycles. The molecule has 0 saturated heterocycles. The molecule has 0 aliphatic carbocycles. The van der Waals surface area contributed by atoms with Gasteiger partial charge in [-0.15, -0.1) is 0 Å². The summed E-state index contributed by atoms with van der Waals surface area (Å²) < 4.78 is 0. The summed E-state index contributed by atoms with van der Waals surface area (Å²) in [5, 5.41) is 14.3. The maximum absolute atomic E-state index is 11.9. The van der Waals surface area contributed by atoms with Crippen LogP contribution in [0.15, 0.2) is 0 Å². The molecule has 20 heavy (non-hydrogen) atoms. The van der Waals surface area contributed by atoms with Gasteiger partial charge in [0.15, 0.2) is 0 Å². The first-order valence-electron chi connectivity index (χ1n) is 7.14. The molecule has 0 saturated carbocycles. The molecule has 0 aromatic heterocycles. The molecule has 0 rings (SSSR count). The Kier molecular flexibility index (Phi) is 8.96. The normalized spacial score (nSPS) is 14.2. The molecular weight excluding hydrogens is 258 g/mol. The van der Waals surface area contributed by atoms with Gasteiger partial charge in [-0.1, -0.05) is 13.8 Å². The Bertz CT molecular complexity index is 296. The fourth-order valence-corrected chi connectivity index (χ4v) is 2.05. The molecule has 6 heteroatoms. The van der Waals surface area contributed by atoms with Crippen molar-refractivity contribution in [1.82, 2.24) is 15.5 Å². The number of urea groups is 1. The van der Waals surface area contributed by atoms with Crippen molar-refractivity contribution < 1.29 is 14.7 Å². The maximum Gasteiger partial charge on any atom is 0.315 e. The van der Waals surface area contributed by atoms with Crippen LogP contribution in [0.5, 0.6) is 0 Å². The van der Waals surface area contributed by atoms with E-state index in [1.165, 1.54) is 0 Å². The predicted octanol–water partition coefficient (Wildman–Crippen LogP) is 1.52. The average Bonchev–Trinajstić information content (AvgIpc) is 2.23. The Morgan fingerprint density at radius 1 is 1.15 bits per heavy atom. The standard InChI is InChI=1S/C14H29N3O3/c1-10(2)8-12(9-17(4)5)16-14(20)15-11(3)6-7-13(18)19/h10-12H,6-9H2,1-5H3,(H,18,19)(H2,15,16,20). The lowest BCUT2D eigenvalue weighted by Gasteiger charge is -2.25. The lowest BCUT2D eigenvalue weighted by atomic mass is 10.0.